The van der Waals surface area contributed by atoms with Gasteiger partial charge in [-0.25, -0.2) is 19.9 Å². The smallest absolute Gasteiger partial charge is 0.272 e. The lowest BCUT2D eigenvalue weighted by atomic mass is 10.1. The molecule has 7 heteroatoms. The van der Waals surface area contributed by atoms with E-state index in [1.54, 1.807) is 12.3 Å². The molecule has 1 amide bonds. The van der Waals surface area contributed by atoms with E-state index in [1.165, 1.54) is 17.6 Å². The Hall–Kier alpha value is -3.35. The number of amides is 1. The summed E-state index contributed by atoms with van der Waals surface area (Å²) in [6.07, 6.45) is 6.18. The second kappa shape index (κ2) is 7.58. The number of benzene rings is 1. The van der Waals surface area contributed by atoms with Crippen molar-refractivity contribution in [2.75, 3.05) is 31.1 Å². The Balaban J connectivity index is 1.38. The van der Waals surface area contributed by atoms with Crippen LogP contribution in [-0.4, -0.2) is 56.9 Å². The average Bonchev–Trinajstić information content (AvgIpc) is 3.28. The monoisotopic (exact) mass is 386 g/mol. The predicted molar refractivity (Wildman–Crippen MR) is 110 cm³/mol. The van der Waals surface area contributed by atoms with Crippen molar-refractivity contribution in [3.05, 3.63) is 65.9 Å². The Labute approximate surface area is 169 Å². The summed E-state index contributed by atoms with van der Waals surface area (Å²) in [7, 11) is 0. The van der Waals surface area contributed by atoms with Crippen LogP contribution in [0.15, 0.2) is 48.9 Å². The SMILES string of the molecule is O=C(c1ccncn1)N1CCN(c2nc(-c3ccccc3)nc3c2CCC3)CC1. The number of aryl methyl sites for hydroxylation is 1. The van der Waals surface area contributed by atoms with Gasteiger partial charge in [0.25, 0.3) is 5.91 Å². The molecule has 0 N–H and O–H groups in total. The fourth-order valence-electron chi connectivity index (χ4n) is 4.09. The van der Waals surface area contributed by atoms with E-state index in [0.717, 1.165) is 49.6 Å². The van der Waals surface area contributed by atoms with Gasteiger partial charge in [0.2, 0.25) is 0 Å². The molecule has 1 aromatic carbocycles. The van der Waals surface area contributed by atoms with Crippen molar-refractivity contribution in [3.63, 3.8) is 0 Å². The van der Waals surface area contributed by atoms with Gasteiger partial charge in [0.1, 0.15) is 17.8 Å². The Bertz CT molecular complexity index is 1020. The van der Waals surface area contributed by atoms with Crippen molar-refractivity contribution in [1.29, 1.82) is 0 Å². The number of anilines is 1. The first-order valence-electron chi connectivity index (χ1n) is 10.0. The highest BCUT2D eigenvalue weighted by Crippen LogP contribution is 2.32. The summed E-state index contributed by atoms with van der Waals surface area (Å²) in [5, 5.41) is 0. The van der Waals surface area contributed by atoms with Crippen molar-refractivity contribution in [2.45, 2.75) is 19.3 Å². The molecule has 3 aromatic rings. The van der Waals surface area contributed by atoms with Crippen molar-refractivity contribution in [1.82, 2.24) is 24.8 Å². The van der Waals surface area contributed by atoms with Gasteiger partial charge in [0.15, 0.2) is 5.82 Å². The van der Waals surface area contributed by atoms with Gasteiger partial charge in [-0.1, -0.05) is 30.3 Å². The van der Waals surface area contributed by atoms with Gasteiger partial charge < -0.3 is 9.80 Å². The molecule has 2 aromatic heterocycles. The number of piperazine rings is 1. The molecule has 0 radical (unpaired) electrons. The van der Waals surface area contributed by atoms with E-state index in [1.807, 2.05) is 23.1 Å². The maximum atomic E-state index is 12.7. The predicted octanol–water partition coefficient (Wildman–Crippen LogP) is 2.38. The van der Waals surface area contributed by atoms with Crippen molar-refractivity contribution in [3.8, 4) is 11.4 Å². The zero-order chi connectivity index (χ0) is 19.6. The molecule has 1 aliphatic heterocycles. The third-order valence-electron chi connectivity index (χ3n) is 5.61. The first-order valence-corrected chi connectivity index (χ1v) is 10.0. The number of fused-ring (bicyclic) bond motifs is 1. The summed E-state index contributed by atoms with van der Waals surface area (Å²) >= 11 is 0. The number of hydrogen-bond donors (Lipinski definition) is 0. The zero-order valence-electron chi connectivity index (χ0n) is 16.2. The van der Waals surface area contributed by atoms with Gasteiger partial charge in [-0.05, 0) is 25.3 Å². The maximum absolute atomic E-state index is 12.7. The van der Waals surface area contributed by atoms with Gasteiger partial charge >= 0.3 is 0 Å². The van der Waals surface area contributed by atoms with E-state index in [0.29, 0.717) is 18.8 Å². The lowest BCUT2D eigenvalue weighted by Gasteiger charge is -2.36. The molecule has 0 saturated carbocycles. The molecule has 2 aliphatic rings. The molecule has 1 fully saturated rings. The summed E-state index contributed by atoms with van der Waals surface area (Å²) in [6, 6.07) is 11.8. The Morgan fingerprint density at radius 1 is 0.931 bits per heavy atom. The van der Waals surface area contributed by atoms with Gasteiger partial charge in [-0.15, -0.1) is 0 Å². The van der Waals surface area contributed by atoms with Crippen LogP contribution in [-0.2, 0) is 12.8 Å². The third-order valence-corrected chi connectivity index (χ3v) is 5.61. The normalized spacial score (nSPS) is 16.0. The Kier molecular flexibility index (Phi) is 4.63. The minimum absolute atomic E-state index is 0.0371. The quantitative estimate of drug-likeness (QED) is 0.688. The van der Waals surface area contributed by atoms with Crippen LogP contribution < -0.4 is 4.90 Å². The van der Waals surface area contributed by atoms with Crippen LogP contribution in [0, 0.1) is 0 Å². The van der Waals surface area contributed by atoms with Gasteiger partial charge in [0, 0.05) is 49.2 Å². The highest BCUT2D eigenvalue weighted by molar-refractivity contribution is 5.92. The van der Waals surface area contributed by atoms with Crippen LogP contribution in [0.5, 0.6) is 0 Å². The number of carbonyl (C=O) groups is 1. The van der Waals surface area contributed by atoms with E-state index in [-0.39, 0.29) is 5.91 Å². The molecule has 0 spiro atoms. The summed E-state index contributed by atoms with van der Waals surface area (Å²) in [6.45, 7) is 2.83. The topological polar surface area (TPSA) is 75.1 Å². The molecular weight excluding hydrogens is 364 g/mol. The highest BCUT2D eigenvalue weighted by Gasteiger charge is 2.28. The molecule has 5 rings (SSSR count). The minimum atomic E-state index is -0.0371. The molecule has 0 bridgehead atoms. The molecule has 7 nitrogen and oxygen atoms in total. The second-order valence-corrected chi connectivity index (χ2v) is 7.39. The second-order valence-electron chi connectivity index (χ2n) is 7.39. The van der Waals surface area contributed by atoms with E-state index in [9.17, 15) is 4.79 Å². The lowest BCUT2D eigenvalue weighted by Crippen LogP contribution is -2.49. The average molecular weight is 386 g/mol. The first kappa shape index (κ1) is 17.7. The Morgan fingerprint density at radius 3 is 2.52 bits per heavy atom. The van der Waals surface area contributed by atoms with Crippen molar-refractivity contribution in [2.24, 2.45) is 0 Å². The fraction of sp³-hybridized carbons (Fsp3) is 0.318. The van der Waals surface area contributed by atoms with Gasteiger partial charge in [0.05, 0.1) is 0 Å². The van der Waals surface area contributed by atoms with Gasteiger partial charge in [-0.3, -0.25) is 4.79 Å². The van der Waals surface area contributed by atoms with E-state index in [4.69, 9.17) is 9.97 Å². The molecule has 1 aliphatic carbocycles. The molecule has 29 heavy (non-hydrogen) atoms. The van der Waals surface area contributed by atoms with Crippen LogP contribution in [0.25, 0.3) is 11.4 Å². The molecule has 0 unspecified atom stereocenters. The summed E-state index contributed by atoms with van der Waals surface area (Å²) in [5.74, 6) is 1.80. The minimum Gasteiger partial charge on any atom is -0.353 e. The summed E-state index contributed by atoms with van der Waals surface area (Å²) in [4.78, 5) is 34.6. The summed E-state index contributed by atoms with van der Waals surface area (Å²) < 4.78 is 0. The molecule has 0 atom stereocenters. The standard InChI is InChI=1S/C22H22N6O/c29-22(19-9-10-23-15-24-19)28-13-11-27(12-14-28)21-17-7-4-8-18(17)25-20(26-21)16-5-2-1-3-6-16/h1-3,5-6,9-10,15H,4,7-8,11-14H2. The maximum Gasteiger partial charge on any atom is 0.272 e. The van der Waals surface area contributed by atoms with Crippen LogP contribution in [0.3, 0.4) is 0 Å². The lowest BCUT2D eigenvalue weighted by molar-refractivity contribution is 0.0740. The molecule has 3 heterocycles. The summed E-state index contributed by atoms with van der Waals surface area (Å²) in [5.41, 5.74) is 3.94. The molecule has 1 saturated heterocycles. The van der Waals surface area contributed by atoms with Gasteiger partial charge in [-0.2, -0.15) is 0 Å². The van der Waals surface area contributed by atoms with Crippen molar-refractivity contribution < 1.29 is 4.79 Å². The number of aromatic nitrogens is 4. The van der Waals surface area contributed by atoms with E-state index < -0.39 is 0 Å². The molecular formula is C22H22N6O. The zero-order valence-corrected chi connectivity index (χ0v) is 16.2. The van der Waals surface area contributed by atoms with Crippen LogP contribution in [0.2, 0.25) is 0 Å². The van der Waals surface area contributed by atoms with Crippen molar-refractivity contribution >= 4 is 11.7 Å². The van der Waals surface area contributed by atoms with E-state index >= 15 is 0 Å². The molecule has 146 valence electrons. The number of rotatable bonds is 3. The number of carbonyl (C=O) groups excluding carboxylic acids is 1. The first-order chi connectivity index (χ1) is 14.3. The fourth-order valence-corrected chi connectivity index (χ4v) is 4.09. The third kappa shape index (κ3) is 3.44. The van der Waals surface area contributed by atoms with Crippen LogP contribution in [0.1, 0.15) is 28.2 Å². The van der Waals surface area contributed by atoms with Crippen LogP contribution in [0.4, 0.5) is 5.82 Å². The Morgan fingerprint density at radius 2 is 1.76 bits per heavy atom. The number of nitrogens with zero attached hydrogens (tertiary/aromatic N) is 6. The highest BCUT2D eigenvalue weighted by atomic mass is 16.2. The largest absolute Gasteiger partial charge is 0.353 e. The van der Waals surface area contributed by atoms with E-state index in [2.05, 4.69) is 27.0 Å². The van der Waals surface area contributed by atoms with Crippen LogP contribution >= 0.6 is 0 Å². The number of hydrogen-bond acceptors (Lipinski definition) is 6.